The second kappa shape index (κ2) is 50.8. The van der Waals surface area contributed by atoms with E-state index < -0.39 is 0 Å². The second-order valence-electron chi connectivity index (χ2n) is 19.2. The number of carbonyl (C=O) groups is 3. The maximum Gasteiger partial charge on any atom is 0.305 e. The Bertz CT molecular complexity index is 1030. The van der Waals surface area contributed by atoms with Crippen LogP contribution in [0.15, 0.2) is 36.5 Å². The average Bonchev–Trinajstić information content (AvgIpc) is 3.28. The van der Waals surface area contributed by atoms with Crippen molar-refractivity contribution in [2.75, 3.05) is 13.2 Å². The Morgan fingerprint density at radius 2 is 0.619 bits per heavy atom. The van der Waals surface area contributed by atoms with Crippen LogP contribution in [0.2, 0.25) is 0 Å². The summed E-state index contributed by atoms with van der Waals surface area (Å²) in [6, 6.07) is 0. The van der Waals surface area contributed by atoms with Crippen LogP contribution in [-0.2, 0) is 19.1 Å². The smallest absolute Gasteiger partial charge is 0.305 e. The van der Waals surface area contributed by atoms with Crippen molar-refractivity contribution in [3.8, 4) is 0 Å². The molecule has 2 amide bonds. The standard InChI is InChI=1S/C58H107NO4/c1-5-8-11-14-17-20-23-26-29-32-35-38-41-44-47-50-56(60)59(57(61)51-48-45-42-39-36-33-30-27-24-21-18-15-12-9-6-2)53-55(4)54-63-58(62)52-49-46-43-40-37-34-31-28-25-22-19-16-13-10-7-3/h26-31,55H,5-25,32-54H2,1-4H3/b29-26-,30-27-,31-28-. The summed E-state index contributed by atoms with van der Waals surface area (Å²) in [4.78, 5) is 41.1. The summed E-state index contributed by atoms with van der Waals surface area (Å²) in [5.74, 6) is -0.363. The van der Waals surface area contributed by atoms with Gasteiger partial charge >= 0.3 is 5.97 Å². The number of imide groups is 1. The van der Waals surface area contributed by atoms with E-state index in [0.29, 0.717) is 25.8 Å². The fourth-order valence-electron chi connectivity index (χ4n) is 8.32. The minimum atomic E-state index is -0.162. The molecule has 0 aromatic heterocycles. The molecular weight excluding hydrogens is 775 g/mol. The largest absolute Gasteiger partial charge is 0.465 e. The van der Waals surface area contributed by atoms with E-state index in [0.717, 1.165) is 77.0 Å². The van der Waals surface area contributed by atoms with Crippen LogP contribution in [0.3, 0.4) is 0 Å². The third kappa shape index (κ3) is 46.2. The Hall–Kier alpha value is -2.17. The lowest BCUT2D eigenvalue weighted by Gasteiger charge is -2.24. The van der Waals surface area contributed by atoms with Crippen molar-refractivity contribution in [3.63, 3.8) is 0 Å². The van der Waals surface area contributed by atoms with E-state index in [1.54, 1.807) is 0 Å². The van der Waals surface area contributed by atoms with Gasteiger partial charge in [-0.3, -0.25) is 19.3 Å². The van der Waals surface area contributed by atoms with Crippen molar-refractivity contribution in [2.24, 2.45) is 5.92 Å². The SMILES string of the molecule is CCCCCCCC/C=C\CCCCCCCC(=O)OCC(C)CN(C(=O)CCCCCCC/C=C\CCCCCCCC)C(=O)CCCCCCC/C=C\CCCCCCCC. The summed E-state index contributed by atoms with van der Waals surface area (Å²) >= 11 is 0. The maximum atomic E-state index is 13.5. The molecule has 0 spiro atoms. The minimum absolute atomic E-state index is 0.0585. The zero-order valence-electron chi connectivity index (χ0n) is 42.7. The first-order valence-electron chi connectivity index (χ1n) is 27.9. The van der Waals surface area contributed by atoms with E-state index >= 15 is 0 Å². The van der Waals surface area contributed by atoms with Gasteiger partial charge in [-0.1, -0.05) is 218 Å². The molecule has 0 radical (unpaired) electrons. The number of rotatable bonds is 49. The van der Waals surface area contributed by atoms with Crippen molar-refractivity contribution in [1.82, 2.24) is 4.90 Å². The van der Waals surface area contributed by atoms with Gasteiger partial charge in [0.15, 0.2) is 0 Å². The molecule has 0 aliphatic rings. The Morgan fingerprint density at radius 1 is 0.365 bits per heavy atom. The molecule has 368 valence electrons. The molecule has 5 heteroatoms. The molecule has 0 rings (SSSR count). The number of carbonyl (C=O) groups excluding carboxylic acids is 3. The van der Waals surface area contributed by atoms with E-state index in [4.69, 9.17) is 4.74 Å². The van der Waals surface area contributed by atoms with Crippen LogP contribution in [0, 0.1) is 5.92 Å². The quantitative estimate of drug-likeness (QED) is 0.0347. The van der Waals surface area contributed by atoms with Crippen LogP contribution in [0.5, 0.6) is 0 Å². The Labute approximate surface area is 393 Å². The van der Waals surface area contributed by atoms with Gasteiger partial charge in [-0.2, -0.15) is 0 Å². The minimum Gasteiger partial charge on any atom is -0.465 e. The second-order valence-corrected chi connectivity index (χ2v) is 19.2. The molecule has 0 N–H and O–H groups in total. The van der Waals surface area contributed by atoms with Crippen LogP contribution in [-0.4, -0.2) is 35.8 Å². The number of esters is 1. The number of amides is 2. The normalized spacial score (nSPS) is 12.3. The van der Waals surface area contributed by atoms with Crippen molar-refractivity contribution in [1.29, 1.82) is 0 Å². The van der Waals surface area contributed by atoms with Gasteiger partial charge in [0.05, 0.1) is 6.61 Å². The predicted molar refractivity (Wildman–Crippen MR) is 275 cm³/mol. The van der Waals surface area contributed by atoms with Gasteiger partial charge in [0, 0.05) is 31.7 Å². The molecule has 0 aliphatic carbocycles. The lowest BCUT2D eigenvalue weighted by molar-refractivity contribution is -0.147. The van der Waals surface area contributed by atoms with E-state index in [1.165, 1.54) is 178 Å². The summed E-state index contributed by atoms with van der Waals surface area (Å²) < 4.78 is 5.66. The van der Waals surface area contributed by atoms with Gasteiger partial charge in [0.1, 0.15) is 0 Å². The molecular formula is C58H107NO4. The Kier molecular flexibility index (Phi) is 49.1. The number of ether oxygens (including phenoxy) is 1. The van der Waals surface area contributed by atoms with Crippen molar-refractivity contribution in [2.45, 2.75) is 297 Å². The molecule has 0 aromatic rings. The molecule has 5 nitrogen and oxygen atoms in total. The first kappa shape index (κ1) is 60.8. The molecule has 0 saturated carbocycles. The van der Waals surface area contributed by atoms with Crippen LogP contribution in [0.25, 0.3) is 0 Å². The maximum absolute atomic E-state index is 13.5. The Balaban J connectivity index is 4.51. The molecule has 0 aromatic carbocycles. The summed E-state index contributed by atoms with van der Waals surface area (Å²) in [6.07, 6.45) is 63.1. The highest BCUT2D eigenvalue weighted by molar-refractivity contribution is 5.95. The average molecular weight is 882 g/mol. The lowest BCUT2D eigenvalue weighted by Crippen LogP contribution is -2.40. The number of nitrogens with zero attached hydrogens (tertiary/aromatic N) is 1. The number of hydrogen-bond acceptors (Lipinski definition) is 4. The summed E-state index contributed by atoms with van der Waals surface area (Å²) in [6.45, 7) is 9.38. The fourth-order valence-corrected chi connectivity index (χ4v) is 8.32. The van der Waals surface area contributed by atoms with Gasteiger partial charge in [0.2, 0.25) is 11.8 Å². The van der Waals surface area contributed by atoms with Crippen LogP contribution < -0.4 is 0 Å². The molecule has 63 heavy (non-hydrogen) atoms. The molecule has 1 unspecified atom stereocenters. The van der Waals surface area contributed by atoms with Gasteiger partial charge in [-0.15, -0.1) is 0 Å². The Morgan fingerprint density at radius 3 is 0.921 bits per heavy atom. The van der Waals surface area contributed by atoms with Gasteiger partial charge < -0.3 is 4.74 Å². The van der Waals surface area contributed by atoms with E-state index in [-0.39, 0.29) is 30.3 Å². The molecule has 0 fully saturated rings. The zero-order valence-corrected chi connectivity index (χ0v) is 42.7. The van der Waals surface area contributed by atoms with Crippen molar-refractivity contribution in [3.05, 3.63) is 36.5 Å². The number of hydrogen-bond donors (Lipinski definition) is 0. The van der Waals surface area contributed by atoms with Gasteiger partial charge in [0.25, 0.3) is 0 Å². The summed E-state index contributed by atoms with van der Waals surface area (Å²) in [7, 11) is 0. The van der Waals surface area contributed by atoms with Crippen LogP contribution in [0.1, 0.15) is 297 Å². The van der Waals surface area contributed by atoms with Crippen LogP contribution in [0.4, 0.5) is 0 Å². The molecule has 0 aliphatic heterocycles. The van der Waals surface area contributed by atoms with E-state index in [9.17, 15) is 14.4 Å². The lowest BCUT2D eigenvalue weighted by atomic mass is 10.1. The van der Waals surface area contributed by atoms with E-state index in [1.807, 2.05) is 6.92 Å². The third-order valence-electron chi connectivity index (χ3n) is 12.6. The molecule has 1 atom stereocenters. The fraction of sp³-hybridized carbons (Fsp3) is 0.845. The van der Waals surface area contributed by atoms with Crippen molar-refractivity contribution < 1.29 is 19.1 Å². The van der Waals surface area contributed by atoms with Gasteiger partial charge in [-0.25, -0.2) is 0 Å². The summed E-state index contributed by atoms with van der Waals surface area (Å²) in [5, 5.41) is 0. The first-order valence-corrected chi connectivity index (χ1v) is 27.9. The molecule has 0 heterocycles. The zero-order chi connectivity index (χ0) is 45.9. The van der Waals surface area contributed by atoms with E-state index in [2.05, 4.69) is 57.2 Å². The highest BCUT2D eigenvalue weighted by Crippen LogP contribution is 2.16. The van der Waals surface area contributed by atoms with Gasteiger partial charge in [-0.05, 0) is 96.3 Å². The molecule has 0 bridgehead atoms. The third-order valence-corrected chi connectivity index (χ3v) is 12.6. The molecule has 0 saturated heterocycles. The number of unbranched alkanes of at least 4 members (excludes halogenated alkanes) is 33. The monoisotopic (exact) mass is 882 g/mol. The van der Waals surface area contributed by atoms with Crippen LogP contribution >= 0.6 is 0 Å². The highest BCUT2D eigenvalue weighted by Gasteiger charge is 2.23. The predicted octanol–water partition coefficient (Wildman–Crippen LogP) is 18.6. The summed E-state index contributed by atoms with van der Waals surface area (Å²) in [5.41, 5.74) is 0. The number of allylic oxidation sites excluding steroid dienone is 6. The topological polar surface area (TPSA) is 63.7 Å². The highest BCUT2D eigenvalue weighted by atomic mass is 16.5. The van der Waals surface area contributed by atoms with Crippen molar-refractivity contribution >= 4 is 17.8 Å². The first-order chi connectivity index (χ1) is 31.0.